The fourth-order valence-corrected chi connectivity index (χ4v) is 4.00. The van der Waals surface area contributed by atoms with Crippen LogP contribution in [0.1, 0.15) is 41.2 Å². The Hall–Kier alpha value is -3.96. The third-order valence-electron chi connectivity index (χ3n) is 5.51. The summed E-state index contributed by atoms with van der Waals surface area (Å²) in [6.07, 6.45) is 5.29. The summed E-state index contributed by atoms with van der Waals surface area (Å²) in [7, 11) is 0. The molecule has 4 rings (SSSR count). The Labute approximate surface area is 186 Å². The minimum absolute atomic E-state index is 0.0351. The molecule has 1 heterocycles. The smallest absolute Gasteiger partial charge is 0.328 e. The van der Waals surface area contributed by atoms with Crippen LogP contribution in [0.2, 0.25) is 0 Å². The lowest BCUT2D eigenvalue weighted by molar-refractivity contribution is -0.131. The zero-order valence-electron chi connectivity index (χ0n) is 17.7. The highest BCUT2D eigenvalue weighted by Crippen LogP contribution is 2.36. The Balaban J connectivity index is 1.94. The van der Waals surface area contributed by atoms with Crippen LogP contribution in [0.25, 0.3) is 28.1 Å². The molecule has 3 aromatic carbocycles. The van der Waals surface area contributed by atoms with Crippen LogP contribution in [-0.4, -0.2) is 26.4 Å². The van der Waals surface area contributed by atoms with Gasteiger partial charge in [0.15, 0.2) is 0 Å². The lowest BCUT2D eigenvalue weighted by Gasteiger charge is -2.18. The molecule has 0 radical (unpaired) electrons. The number of aromatic amines is 1. The van der Waals surface area contributed by atoms with Crippen LogP contribution in [0.5, 0.6) is 0 Å². The summed E-state index contributed by atoms with van der Waals surface area (Å²) in [4.78, 5) is 10.8. The van der Waals surface area contributed by atoms with E-state index in [0.717, 1.165) is 62.4 Å². The van der Waals surface area contributed by atoms with Crippen LogP contribution < -0.4 is 0 Å². The number of carboxylic acids is 1. The van der Waals surface area contributed by atoms with Gasteiger partial charge in [-0.25, -0.2) is 4.79 Å². The number of allylic oxidation sites excluding steroid dienone is 1. The van der Waals surface area contributed by atoms with Gasteiger partial charge in [-0.3, -0.25) is 5.10 Å². The molecule has 0 fully saturated rings. The molecule has 160 valence electrons. The van der Waals surface area contributed by atoms with Crippen molar-refractivity contribution in [1.82, 2.24) is 10.2 Å². The van der Waals surface area contributed by atoms with Crippen molar-refractivity contribution in [2.45, 2.75) is 20.0 Å². The van der Waals surface area contributed by atoms with E-state index >= 15 is 0 Å². The lowest BCUT2D eigenvalue weighted by Crippen LogP contribution is -1.99. The predicted molar refractivity (Wildman–Crippen MR) is 128 cm³/mol. The second-order valence-electron chi connectivity index (χ2n) is 7.49. The van der Waals surface area contributed by atoms with Gasteiger partial charge in [0.2, 0.25) is 0 Å². The Kier molecular flexibility index (Phi) is 6.29. The summed E-state index contributed by atoms with van der Waals surface area (Å²) >= 11 is 0. The minimum atomic E-state index is -0.975. The predicted octanol–water partition coefficient (Wildman–Crippen LogP) is 5.52. The first-order valence-corrected chi connectivity index (χ1v) is 10.5. The molecular weight excluding hydrogens is 400 g/mol. The molecular formula is C27H24N2O3. The van der Waals surface area contributed by atoms with E-state index in [4.69, 9.17) is 5.11 Å². The molecule has 0 aliphatic rings. The summed E-state index contributed by atoms with van der Waals surface area (Å²) in [6.45, 7) is 2.08. The van der Waals surface area contributed by atoms with Crippen LogP contribution in [-0.2, 0) is 11.4 Å². The van der Waals surface area contributed by atoms with Crippen LogP contribution in [0.3, 0.4) is 0 Å². The summed E-state index contributed by atoms with van der Waals surface area (Å²) in [5.41, 5.74) is 7.96. The number of hydrogen-bond acceptors (Lipinski definition) is 3. The third-order valence-corrected chi connectivity index (χ3v) is 5.51. The highest BCUT2D eigenvalue weighted by Gasteiger charge is 2.16. The van der Waals surface area contributed by atoms with Gasteiger partial charge in [-0.2, -0.15) is 5.10 Å². The molecule has 0 atom stereocenters. The topological polar surface area (TPSA) is 86.2 Å². The molecule has 3 N–H and O–H groups in total. The molecule has 4 aromatic rings. The first-order chi connectivity index (χ1) is 15.6. The van der Waals surface area contributed by atoms with E-state index in [2.05, 4.69) is 29.3 Å². The van der Waals surface area contributed by atoms with Gasteiger partial charge in [0, 0.05) is 11.5 Å². The lowest BCUT2D eigenvalue weighted by atomic mass is 9.86. The number of carboxylic acid groups (broad SMARTS) is 1. The monoisotopic (exact) mass is 424 g/mol. The van der Waals surface area contributed by atoms with Crippen LogP contribution in [0, 0.1) is 0 Å². The molecule has 0 spiro atoms. The summed E-state index contributed by atoms with van der Waals surface area (Å²) < 4.78 is 0. The zero-order valence-corrected chi connectivity index (χ0v) is 17.7. The van der Waals surface area contributed by atoms with E-state index in [1.165, 1.54) is 0 Å². The van der Waals surface area contributed by atoms with Crippen molar-refractivity contribution in [1.29, 1.82) is 0 Å². The van der Waals surface area contributed by atoms with E-state index in [0.29, 0.717) is 0 Å². The summed E-state index contributed by atoms with van der Waals surface area (Å²) in [6, 6.07) is 22.0. The average Bonchev–Trinajstić information content (AvgIpc) is 3.29. The molecule has 0 saturated heterocycles. The number of aromatic nitrogens is 2. The van der Waals surface area contributed by atoms with Gasteiger partial charge in [0.1, 0.15) is 0 Å². The van der Waals surface area contributed by atoms with Gasteiger partial charge >= 0.3 is 5.97 Å². The van der Waals surface area contributed by atoms with Crippen LogP contribution in [0.15, 0.2) is 79.0 Å². The van der Waals surface area contributed by atoms with Gasteiger partial charge in [0.25, 0.3) is 0 Å². The van der Waals surface area contributed by atoms with Crippen molar-refractivity contribution in [2.75, 3.05) is 0 Å². The molecule has 1 aromatic heterocycles. The third kappa shape index (κ3) is 4.38. The fourth-order valence-electron chi connectivity index (χ4n) is 4.00. The van der Waals surface area contributed by atoms with Crippen molar-refractivity contribution >= 4 is 34.1 Å². The van der Waals surface area contributed by atoms with Gasteiger partial charge in [-0.1, -0.05) is 61.5 Å². The van der Waals surface area contributed by atoms with E-state index in [1.807, 2.05) is 60.8 Å². The van der Waals surface area contributed by atoms with Crippen molar-refractivity contribution in [2.24, 2.45) is 0 Å². The SMILES string of the molecule is CC/C(=C(/c1ccc(/C=C/C(=O)O)cc1)c1ccc2[nH]ncc2c1)c1ccccc1CO. The van der Waals surface area contributed by atoms with E-state index in [9.17, 15) is 9.90 Å². The normalized spacial score (nSPS) is 12.3. The van der Waals surface area contributed by atoms with Crippen LogP contribution in [0.4, 0.5) is 0 Å². The largest absolute Gasteiger partial charge is 0.478 e. The highest BCUT2D eigenvalue weighted by molar-refractivity contribution is 6.01. The number of benzene rings is 3. The van der Waals surface area contributed by atoms with Crippen molar-refractivity contribution in [3.05, 3.63) is 107 Å². The fraction of sp³-hybridized carbons (Fsp3) is 0.111. The molecule has 0 saturated carbocycles. The number of aliphatic hydroxyl groups excluding tert-OH is 1. The van der Waals surface area contributed by atoms with Gasteiger partial charge in [-0.05, 0) is 63.6 Å². The maximum Gasteiger partial charge on any atom is 0.328 e. The quantitative estimate of drug-likeness (QED) is 0.269. The van der Waals surface area contributed by atoms with Gasteiger partial charge in [0.05, 0.1) is 18.3 Å². The summed E-state index contributed by atoms with van der Waals surface area (Å²) in [5, 5.41) is 27.0. The number of rotatable bonds is 7. The standard InChI is InChI=1S/C27H24N2O3/c1-2-23(24-6-4-3-5-21(24)17-30)27(20-12-13-25-22(15-20)16-28-29-25)19-10-7-18(8-11-19)9-14-26(31)32/h3-16,30H,2,17H2,1H3,(H,28,29)(H,31,32)/b14-9+,27-23+. The second kappa shape index (κ2) is 9.45. The van der Waals surface area contributed by atoms with E-state index < -0.39 is 5.97 Å². The molecule has 0 bridgehead atoms. The second-order valence-corrected chi connectivity index (χ2v) is 7.49. The highest BCUT2D eigenvalue weighted by atomic mass is 16.4. The number of aliphatic hydroxyl groups is 1. The molecule has 0 unspecified atom stereocenters. The molecule has 5 nitrogen and oxygen atoms in total. The maximum atomic E-state index is 10.8. The van der Waals surface area contributed by atoms with Crippen molar-refractivity contribution in [3.8, 4) is 0 Å². The number of hydrogen-bond donors (Lipinski definition) is 3. The summed E-state index contributed by atoms with van der Waals surface area (Å²) in [5.74, 6) is -0.975. The number of H-pyrrole nitrogens is 1. The van der Waals surface area contributed by atoms with Crippen molar-refractivity contribution < 1.29 is 15.0 Å². The zero-order chi connectivity index (χ0) is 22.5. The number of fused-ring (bicyclic) bond motifs is 1. The molecule has 32 heavy (non-hydrogen) atoms. The number of carbonyl (C=O) groups is 1. The Morgan fingerprint density at radius 2 is 1.78 bits per heavy atom. The average molecular weight is 425 g/mol. The molecule has 0 amide bonds. The first kappa shape index (κ1) is 21.3. The number of nitrogens with zero attached hydrogens (tertiary/aromatic N) is 1. The number of nitrogens with one attached hydrogen (secondary N) is 1. The Bertz CT molecular complexity index is 1310. The minimum Gasteiger partial charge on any atom is -0.478 e. The maximum absolute atomic E-state index is 10.8. The Morgan fingerprint density at radius 1 is 1.03 bits per heavy atom. The first-order valence-electron chi connectivity index (χ1n) is 10.5. The number of aliphatic carboxylic acids is 1. The van der Waals surface area contributed by atoms with Gasteiger partial charge in [-0.15, -0.1) is 0 Å². The molecule has 0 aliphatic heterocycles. The van der Waals surface area contributed by atoms with E-state index in [1.54, 1.807) is 6.08 Å². The van der Waals surface area contributed by atoms with Gasteiger partial charge < -0.3 is 10.2 Å². The van der Waals surface area contributed by atoms with Crippen molar-refractivity contribution in [3.63, 3.8) is 0 Å². The molecule has 0 aliphatic carbocycles. The Morgan fingerprint density at radius 3 is 2.50 bits per heavy atom. The van der Waals surface area contributed by atoms with E-state index in [-0.39, 0.29) is 6.61 Å². The molecule has 5 heteroatoms. The van der Waals surface area contributed by atoms with Crippen LogP contribution >= 0.6 is 0 Å².